The van der Waals surface area contributed by atoms with Gasteiger partial charge in [0.2, 0.25) is 5.79 Å². The number of aliphatic hydroxyl groups is 4. The van der Waals surface area contributed by atoms with Crippen LogP contribution in [0.4, 0.5) is 0 Å². The summed E-state index contributed by atoms with van der Waals surface area (Å²) >= 11 is 0. The SMILES string of the molecule is CNC1C(O)CC(OC(C)C)(C(=O)[O-])OC1[C@H](O)[C@H](O)CO.[Na+]. The van der Waals surface area contributed by atoms with E-state index in [0.717, 1.165) is 0 Å². The molecule has 5 N–H and O–H groups in total. The molecular weight excluding hydrogens is 321 g/mol. The summed E-state index contributed by atoms with van der Waals surface area (Å²) in [4.78, 5) is 11.5. The molecule has 130 valence electrons. The molecule has 0 spiro atoms. The molecule has 23 heavy (non-hydrogen) atoms. The molecule has 1 heterocycles. The molecule has 0 saturated carbocycles. The van der Waals surface area contributed by atoms with Gasteiger partial charge in [0, 0.05) is 6.42 Å². The summed E-state index contributed by atoms with van der Waals surface area (Å²) in [5.41, 5.74) is 0. The van der Waals surface area contributed by atoms with E-state index in [9.17, 15) is 25.2 Å². The molecule has 1 aliphatic heterocycles. The predicted octanol–water partition coefficient (Wildman–Crippen LogP) is -6.69. The van der Waals surface area contributed by atoms with Crippen LogP contribution >= 0.6 is 0 Å². The second-order valence-corrected chi connectivity index (χ2v) is 5.62. The molecule has 9 nitrogen and oxygen atoms in total. The topological polar surface area (TPSA) is 152 Å². The minimum Gasteiger partial charge on any atom is -0.544 e. The van der Waals surface area contributed by atoms with Crippen molar-refractivity contribution in [2.24, 2.45) is 0 Å². The maximum atomic E-state index is 11.5. The Bertz CT molecular complexity index is 385. The second-order valence-electron chi connectivity index (χ2n) is 5.62. The molecule has 1 saturated heterocycles. The maximum Gasteiger partial charge on any atom is 1.00 e. The normalized spacial score (nSPS) is 33.8. The third-order valence-electron chi connectivity index (χ3n) is 3.56. The Balaban J connectivity index is 0.00000484. The van der Waals surface area contributed by atoms with Crippen molar-refractivity contribution in [2.45, 2.75) is 62.6 Å². The molecule has 6 atom stereocenters. The smallest absolute Gasteiger partial charge is 0.544 e. The minimum absolute atomic E-state index is 0. The second kappa shape index (κ2) is 9.62. The summed E-state index contributed by atoms with van der Waals surface area (Å²) < 4.78 is 10.6. The van der Waals surface area contributed by atoms with Crippen LogP contribution in [-0.2, 0) is 14.3 Å². The van der Waals surface area contributed by atoms with Gasteiger partial charge in [-0.05, 0) is 20.9 Å². The van der Waals surface area contributed by atoms with E-state index in [2.05, 4.69) is 5.32 Å². The van der Waals surface area contributed by atoms with Crippen LogP contribution in [0.3, 0.4) is 0 Å². The number of hydrogen-bond acceptors (Lipinski definition) is 9. The number of carbonyl (C=O) groups excluding carboxylic acids is 1. The van der Waals surface area contributed by atoms with Gasteiger partial charge in [0.15, 0.2) is 0 Å². The molecule has 0 aromatic rings. The predicted molar refractivity (Wildman–Crippen MR) is 71.4 cm³/mol. The van der Waals surface area contributed by atoms with Crippen LogP contribution < -0.4 is 40.0 Å². The first-order chi connectivity index (χ1) is 10.2. The van der Waals surface area contributed by atoms with Crippen molar-refractivity contribution in [1.29, 1.82) is 0 Å². The molecule has 10 heteroatoms. The number of carboxylic acids is 1. The number of ether oxygens (including phenoxy) is 2. The van der Waals surface area contributed by atoms with Gasteiger partial charge in [-0.2, -0.15) is 0 Å². The van der Waals surface area contributed by atoms with Gasteiger partial charge in [-0.1, -0.05) is 0 Å². The van der Waals surface area contributed by atoms with E-state index in [1.165, 1.54) is 7.05 Å². The standard InChI is InChI=1S/C13H25NO8.Na/c1-6(2)21-13(12(19)20)4-7(16)9(14-3)11(22-13)10(18)8(17)5-15;/h6-11,14-18H,4-5H2,1-3H3,(H,19,20);/q;+1/p-1/t7?,8-,9?,10-,11?,13?;/m1./s1. The van der Waals surface area contributed by atoms with E-state index in [0.29, 0.717) is 0 Å². The van der Waals surface area contributed by atoms with Crippen LogP contribution in [-0.4, -0.2) is 82.4 Å². The first-order valence-electron chi connectivity index (χ1n) is 7.08. The fourth-order valence-electron chi connectivity index (χ4n) is 2.56. The molecule has 0 radical (unpaired) electrons. The number of aliphatic carboxylic acids is 1. The van der Waals surface area contributed by atoms with Crippen molar-refractivity contribution in [1.82, 2.24) is 5.32 Å². The third-order valence-corrected chi connectivity index (χ3v) is 3.56. The maximum absolute atomic E-state index is 11.5. The molecule has 4 unspecified atom stereocenters. The van der Waals surface area contributed by atoms with Crippen molar-refractivity contribution >= 4 is 5.97 Å². The van der Waals surface area contributed by atoms with E-state index in [4.69, 9.17) is 14.6 Å². The third kappa shape index (κ3) is 5.33. The monoisotopic (exact) mass is 345 g/mol. The van der Waals surface area contributed by atoms with Crippen molar-refractivity contribution in [3.63, 3.8) is 0 Å². The molecule has 0 aromatic heterocycles. The zero-order chi connectivity index (χ0) is 17.1. The van der Waals surface area contributed by atoms with E-state index in [1.54, 1.807) is 13.8 Å². The van der Waals surface area contributed by atoms with Gasteiger partial charge in [-0.25, -0.2) is 0 Å². The summed E-state index contributed by atoms with van der Waals surface area (Å²) in [5.74, 6) is -3.94. The number of likely N-dealkylation sites (N-methyl/N-ethyl adjacent to an activating group) is 1. The van der Waals surface area contributed by atoms with Crippen LogP contribution in [0.5, 0.6) is 0 Å². The van der Waals surface area contributed by atoms with Gasteiger partial charge in [-0.3, -0.25) is 0 Å². The van der Waals surface area contributed by atoms with Crippen molar-refractivity contribution in [3.8, 4) is 0 Å². The Morgan fingerprint density at radius 2 is 2.04 bits per heavy atom. The molecule has 0 bridgehead atoms. The van der Waals surface area contributed by atoms with Gasteiger partial charge in [-0.15, -0.1) is 0 Å². The summed E-state index contributed by atoms with van der Waals surface area (Å²) in [6.07, 6.45) is -6.71. The number of hydrogen-bond donors (Lipinski definition) is 5. The molecule has 0 aliphatic carbocycles. The van der Waals surface area contributed by atoms with Crippen LogP contribution in [0.25, 0.3) is 0 Å². The van der Waals surface area contributed by atoms with Crippen LogP contribution in [0.2, 0.25) is 0 Å². The Morgan fingerprint density at radius 3 is 2.43 bits per heavy atom. The molecule has 1 fully saturated rings. The average Bonchev–Trinajstić information content (AvgIpc) is 2.44. The number of rotatable bonds is 7. The van der Waals surface area contributed by atoms with E-state index in [-0.39, 0.29) is 29.6 Å². The Labute approximate surface area is 156 Å². The van der Waals surface area contributed by atoms with Crippen LogP contribution in [0.15, 0.2) is 0 Å². The first-order valence-corrected chi connectivity index (χ1v) is 7.08. The fourth-order valence-corrected chi connectivity index (χ4v) is 2.56. The largest absolute Gasteiger partial charge is 1.00 e. The summed E-state index contributed by atoms with van der Waals surface area (Å²) in [6, 6.07) is -0.862. The molecule has 1 aliphatic rings. The average molecular weight is 345 g/mol. The Kier molecular flexibility index (Phi) is 9.70. The first kappa shape index (κ1) is 23.2. The Hall–Kier alpha value is 0.190. The Morgan fingerprint density at radius 1 is 1.48 bits per heavy atom. The molecule has 0 amide bonds. The molecule has 1 rings (SSSR count). The fraction of sp³-hybridized carbons (Fsp3) is 0.923. The quantitative estimate of drug-likeness (QED) is 0.284. The minimum atomic E-state index is -2.25. The molecular formula is C13H24NNaO8. The number of aliphatic hydroxyl groups excluding tert-OH is 4. The van der Waals surface area contributed by atoms with Crippen molar-refractivity contribution in [2.75, 3.05) is 13.7 Å². The summed E-state index contributed by atoms with van der Waals surface area (Å²) in [7, 11) is 1.48. The zero-order valence-corrected chi connectivity index (χ0v) is 15.8. The van der Waals surface area contributed by atoms with Gasteiger partial charge < -0.3 is 45.1 Å². The van der Waals surface area contributed by atoms with Crippen molar-refractivity contribution < 1.29 is 69.4 Å². The van der Waals surface area contributed by atoms with Crippen LogP contribution in [0, 0.1) is 0 Å². The summed E-state index contributed by atoms with van der Waals surface area (Å²) in [6.45, 7) is 2.41. The van der Waals surface area contributed by atoms with Gasteiger partial charge in [0.1, 0.15) is 24.3 Å². The van der Waals surface area contributed by atoms with Gasteiger partial charge in [0.25, 0.3) is 0 Å². The van der Waals surface area contributed by atoms with E-state index < -0.39 is 61.3 Å². The van der Waals surface area contributed by atoms with Gasteiger partial charge >= 0.3 is 29.6 Å². The van der Waals surface area contributed by atoms with Gasteiger partial charge in [0.05, 0.1) is 24.9 Å². The number of carboxylic acid groups (broad SMARTS) is 1. The van der Waals surface area contributed by atoms with E-state index >= 15 is 0 Å². The number of carbonyl (C=O) groups is 1. The zero-order valence-electron chi connectivity index (χ0n) is 13.8. The number of nitrogens with one attached hydrogen (secondary N) is 1. The van der Waals surface area contributed by atoms with Crippen LogP contribution in [0.1, 0.15) is 20.3 Å². The van der Waals surface area contributed by atoms with E-state index in [1.807, 2.05) is 0 Å². The van der Waals surface area contributed by atoms with Crippen molar-refractivity contribution in [3.05, 3.63) is 0 Å². The molecule has 0 aromatic carbocycles. The summed E-state index contributed by atoms with van der Waals surface area (Å²) in [5, 5.41) is 52.9.